The van der Waals surface area contributed by atoms with Gasteiger partial charge in [0, 0.05) is 0 Å². The molecule has 4 aliphatic carbocycles. The molecule has 0 heteroatoms. The second-order valence-corrected chi connectivity index (χ2v) is 7.55. The summed E-state index contributed by atoms with van der Waals surface area (Å²) >= 11 is 0. The Hall–Kier alpha value is 0. The maximum atomic E-state index is 1.62. The van der Waals surface area contributed by atoms with E-state index in [-0.39, 0.29) is 0 Å². The van der Waals surface area contributed by atoms with Gasteiger partial charge < -0.3 is 0 Å². The summed E-state index contributed by atoms with van der Waals surface area (Å²) in [6.07, 6.45) is 19.0. The van der Waals surface area contributed by atoms with E-state index in [1.165, 1.54) is 23.7 Å². The van der Waals surface area contributed by atoms with Gasteiger partial charge in [-0.2, -0.15) is 0 Å². The first kappa shape index (κ1) is 10.9. The van der Waals surface area contributed by atoms with Crippen LogP contribution in [0.5, 0.6) is 0 Å². The van der Waals surface area contributed by atoms with Crippen LogP contribution >= 0.6 is 0 Å². The molecule has 0 N–H and O–H groups in total. The van der Waals surface area contributed by atoms with Crippen LogP contribution in [0, 0.1) is 29.1 Å². The van der Waals surface area contributed by atoms with Gasteiger partial charge in [0.25, 0.3) is 0 Å². The summed E-state index contributed by atoms with van der Waals surface area (Å²) in [7, 11) is 0. The number of fused-ring (bicyclic) bond motifs is 5. The SMILES string of the molecule is C1CCC2C(C1)C1CCCCC1C21CCCC1. The molecule has 4 aliphatic rings. The lowest BCUT2D eigenvalue weighted by Gasteiger charge is -2.40. The van der Waals surface area contributed by atoms with Crippen molar-refractivity contribution in [2.75, 3.05) is 0 Å². The van der Waals surface area contributed by atoms with Crippen molar-refractivity contribution in [1.29, 1.82) is 0 Å². The fourth-order valence-corrected chi connectivity index (χ4v) is 6.82. The third-order valence-corrected chi connectivity index (χ3v) is 7.20. The molecule has 0 radical (unpaired) electrons. The van der Waals surface area contributed by atoms with Crippen LogP contribution in [0.4, 0.5) is 0 Å². The fourth-order valence-electron chi connectivity index (χ4n) is 6.82. The van der Waals surface area contributed by atoms with Gasteiger partial charge in [0.2, 0.25) is 0 Å². The van der Waals surface area contributed by atoms with Gasteiger partial charge in [0.05, 0.1) is 0 Å². The van der Waals surface area contributed by atoms with Crippen LogP contribution in [-0.4, -0.2) is 0 Å². The van der Waals surface area contributed by atoms with Gasteiger partial charge in [0.15, 0.2) is 0 Å². The van der Waals surface area contributed by atoms with Gasteiger partial charge in [-0.05, 0) is 67.6 Å². The van der Waals surface area contributed by atoms with Crippen molar-refractivity contribution in [3.8, 4) is 0 Å². The van der Waals surface area contributed by atoms with Crippen molar-refractivity contribution < 1.29 is 0 Å². The smallest absolute Gasteiger partial charge is 0.0235 e. The zero-order chi connectivity index (χ0) is 11.3. The predicted octanol–water partition coefficient (Wildman–Crippen LogP) is 5.17. The second-order valence-electron chi connectivity index (χ2n) is 7.55. The first-order chi connectivity index (χ1) is 8.42. The maximum absolute atomic E-state index is 1.62. The fraction of sp³-hybridized carbons (Fsp3) is 1.00. The van der Waals surface area contributed by atoms with Crippen molar-refractivity contribution in [2.45, 2.75) is 77.0 Å². The highest BCUT2D eigenvalue weighted by Crippen LogP contribution is 2.68. The first-order valence-electron chi connectivity index (χ1n) is 8.42. The van der Waals surface area contributed by atoms with E-state index in [0.29, 0.717) is 0 Å². The molecule has 0 nitrogen and oxygen atoms in total. The van der Waals surface area contributed by atoms with Crippen molar-refractivity contribution in [3.63, 3.8) is 0 Å². The molecule has 4 atom stereocenters. The zero-order valence-electron chi connectivity index (χ0n) is 11.3. The molecule has 1 spiro atoms. The molecule has 4 rings (SSSR count). The molecule has 4 saturated carbocycles. The van der Waals surface area contributed by atoms with E-state index in [4.69, 9.17) is 0 Å². The minimum atomic E-state index is 0.871. The Labute approximate surface area is 107 Å². The summed E-state index contributed by atoms with van der Waals surface area (Å²) < 4.78 is 0. The number of hydrogen-bond donors (Lipinski definition) is 0. The van der Waals surface area contributed by atoms with Crippen LogP contribution in [-0.2, 0) is 0 Å². The van der Waals surface area contributed by atoms with Gasteiger partial charge in [-0.25, -0.2) is 0 Å². The third-order valence-electron chi connectivity index (χ3n) is 7.20. The van der Waals surface area contributed by atoms with E-state index in [1.807, 2.05) is 0 Å². The third kappa shape index (κ3) is 1.42. The van der Waals surface area contributed by atoms with Crippen LogP contribution in [0.2, 0.25) is 0 Å². The van der Waals surface area contributed by atoms with Crippen molar-refractivity contribution in [1.82, 2.24) is 0 Å². The average Bonchev–Trinajstić information content (AvgIpc) is 2.98. The monoisotopic (exact) mass is 232 g/mol. The van der Waals surface area contributed by atoms with Gasteiger partial charge in [0.1, 0.15) is 0 Å². The van der Waals surface area contributed by atoms with Crippen LogP contribution < -0.4 is 0 Å². The highest BCUT2D eigenvalue weighted by atomic mass is 14.6. The lowest BCUT2D eigenvalue weighted by Crippen LogP contribution is -2.32. The van der Waals surface area contributed by atoms with Crippen LogP contribution in [0.3, 0.4) is 0 Å². The van der Waals surface area contributed by atoms with Crippen LogP contribution in [0.15, 0.2) is 0 Å². The molecule has 0 aliphatic heterocycles. The molecule has 0 bridgehead atoms. The molecule has 0 aromatic heterocycles. The predicted molar refractivity (Wildman–Crippen MR) is 71.8 cm³/mol. The molecule has 4 unspecified atom stereocenters. The summed E-state index contributed by atoms with van der Waals surface area (Å²) in [5.74, 6) is 4.69. The van der Waals surface area contributed by atoms with Gasteiger partial charge in [-0.3, -0.25) is 0 Å². The zero-order valence-corrected chi connectivity index (χ0v) is 11.3. The Balaban J connectivity index is 1.71. The highest BCUT2D eigenvalue weighted by molar-refractivity contribution is 5.09. The molecular formula is C17H28. The quantitative estimate of drug-likeness (QED) is 0.540. The molecule has 0 heterocycles. The molecule has 0 aromatic carbocycles. The van der Waals surface area contributed by atoms with Crippen molar-refractivity contribution in [2.24, 2.45) is 29.1 Å². The van der Waals surface area contributed by atoms with Gasteiger partial charge in [-0.15, -0.1) is 0 Å². The Morgan fingerprint density at radius 2 is 1.00 bits per heavy atom. The van der Waals surface area contributed by atoms with E-state index < -0.39 is 0 Å². The lowest BCUT2D eigenvalue weighted by molar-refractivity contribution is 0.0875. The Bertz CT molecular complexity index is 262. The van der Waals surface area contributed by atoms with E-state index in [9.17, 15) is 0 Å². The maximum Gasteiger partial charge on any atom is -0.0235 e. The average molecular weight is 232 g/mol. The van der Waals surface area contributed by atoms with E-state index in [1.54, 1.807) is 77.0 Å². The molecular weight excluding hydrogens is 204 g/mol. The van der Waals surface area contributed by atoms with Crippen LogP contribution in [0.25, 0.3) is 0 Å². The summed E-state index contributed by atoms with van der Waals surface area (Å²) in [4.78, 5) is 0. The molecule has 96 valence electrons. The second kappa shape index (κ2) is 4.00. The topological polar surface area (TPSA) is 0 Å². The van der Waals surface area contributed by atoms with Crippen molar-refractivity contribution >= 4 is 0 Å². The summed E-state index contributed by atoms with van der Waals surface area (Å²) in [5.41, 5.74) is 0.871. The first-order valence-corrected chi connectivity index (χ1v) is 8.42. The van der Waals surface area contributed by atoms with E-state index in [2.05, 4.69) is 0 Å². The largest absolute Gasteiger partial charge is 0.0530 e. The van der Waals surface area contributed by atoms with Gasteiger partial charge >= 0.3 is 0 Å². The Morgan fingerprint density at radius 1 is 0.529 bits per heavy atom. The van der Waals surface area contributed by atoms with Crippen LogP contribution in [0.1, 0.15) is 77.0 Å². The molecule has 4 fully saturated rings. The number of hydrogen-bond acceptors (Lipinski definition) is 0. The van der Waals surface area contributed by atoms with E-state index in [0.717, 1.165) is 5.41 Å². The Morgan fingerprint density at radius 3 is 1.53 bits per heavy atom. The summed E-state index contributed by atoms with van der Waals surface area (Å²) in [6, 6.07) is 0. The highest BCUT2D eigenvalue weighted by Gasteiger charge is 2.59. The molecule has 0 aromatic rings. The summed E-state index contributed by atoms with van der Waals surface area (Å²) in [5, 5.41) is 0. The standard InChI is InChI=1S/C17H28/c1-3-9-15-13(7-1)14-8-2-4-10-16(14)17(15)11-5-6-12-17/h13-16H,1-12H2. The molecule has 0 saturated heterocycles. The van der Waals surface area contributed by atoms with E-state index >= 15 is 0 Å². The lowest BCUT2D eigenvalue weighted by atomic mass is 9.64. The molecule has 0 amide bonds. The van der Waals surface area contributed by atoms with Crippen molar-refractivity contribution in [3.05, 3.63) is 0 Å². The minimum absolute atomic E-state index is 0.871. The van der Waals surface area contributed by atoms with Gasteiger partial charge in [-0.1, -0.05) is 38.5 Å². The Kier molecular flexibility index (Phi) is 2.56. The normalized spacial score (nSPS) is 48.0. The minimum Gasteiger partial charge on any atom is -0.0530 e. The molecule has 17 heavy (non-hydrogen) atoms. The summed E-state index contributed by atoms with van der Waals surface area (Å²) in [6.45, 7) is 0. The number of rotatable bonds is 0.